The van der Waals surface area contributed by atoms with E-state index >= 15 is 0 Å². The molecule has 1 aromatic heterocycles. The van der Waals surface area contributed by atoms with Crippen molar-refractivity contribution in [2.75, 3.05) is 5.32 Å². The maximum absolute atomic E-state index is 6.00. The van der Waals surface area contributed by atoms with E-state index in [1.165, 1.54) is 0 Å². The maximum Gasteiger partial charge on any atom is 0.127 e. The van der Waals surface area contributed by atoms with Gasteiger partial charge in [0.1, 0.15) is 11.4 Å². The summed E-state index contributed by atoms with van der Waals surface area (Å²) in [6, 6.07) is 5.33. The Morgan fingerprint density at radius 1 is 1.25 bits per heavy atom. The molecule has 0 bridgehead atoms. The molecule has 0 aliphatic carbocycles. The fraction of sp³-hybridized carbons (Fsp3) is 0.200. The topological polar surface area (TPSA) is 51.0 Å². The van der Waals surface area contributed by atoms with Crippen LogP contribution < -0.4 is 5.32 Å². The molecule has 0 aliphatic heterocycles. The molecule has 1 heterocycles. The Morgan fingerprint density at radius 2 is 1.94 bits per heavy atom. The van der Waals surface area contributed by atoms with Crippen LogP contribution in [0, 0.1) is 6.92 Å². The Labute approximate surface area is 103 Å². The average molecular weight is 258 g/mol. The molecule has 4 nitrogen and oxygen atoms in total. The van der Waals surface area contributed by atoms with Crippen LogP contribution >= 0.6 is 23.2 Å². The number of anilines is 1. The van der Waals surface area contributed by atoms with Crippen LogP contribution in [0.25, 0.3) is 0 Å². The largest absolute Gasteiger partial charge is 0.377 e. The van der Waals surface area contributed by atoms with Crippen molar-refractivity contribution in [1.29, 1.82) is 0 Å². The minimum atomic E-state index is 0.471. The Morgan fingerprint density at radius 3 is 2.50 bits per heavy atom. The summed E-state index contributed by atoms with van der Waals surface area (Å²) in [4.78, 5) is 0. The zero-order valence-corrected chi connectivity index (χ0v) is 10.0. The fourth-order valence-electron chi connectivity index (χ4n) is 1.25. The van der Waals surface area contributed by atoms with Gasteiger partial charge in [0.05, 0.1) is 22.3 Å². The molecule has 2 rings (SSSR count). The lowest BCUT2D eigenvalue weighted by molar-refractivity contribution is 0.301. The van der Waals surface area contributed by atoms with Gasteiger partial charge in [-0.3, -0.25) is 0 Å². The Hall–Kier alpha value is -1.26. The summed E-state index contributed by atoms with van der Waals surface area (Å²) in [5, 5.41) is 11.7. The molecule has 0 fully saturated rings. The van der Waals surface area contributed by atoms with E-state index in [4.69, 9.17) is 23.2 Å². The fourth-order valence-corrected chi connectivity index (χ4v) is 1.78. The van der Waals surface area contributed by atoms with Gasteiger partial charge >= 0.3 is 0 Å². The molecule has 84 valence electrons. The molecular weight excluding hydrogens is 249 g/mol. The number of aromatic nitrogens is 2. The molecule has 0 unspecified atom stereocenters. The quantitative estimate of drug-likeness (QED) is 0.917. The van der Waals surface area contributed by atoms with Gasteiger partial charge in [-0.05, 0) is 19.1 Å². The highest BCUT2D eigenvalue weighted by Gasteiger charge is 2.08. The van der Waals surface area contributed by atoms with Crippen molar-refractivity contribution in [3.05, 3.63) is 39.6 Å². The van der Waals surface area contributed by atoms with E-state index < -0.39 is 0 Å². The van der Waals surface area contributed by atoms with Gasteiger partial charge in [-0.1, -0.05) is 39.6 Å². The molecule has 0 saturated carbocycles. The van der Waals surface area contributed by atoms with Crippen LogP contribution in [0.2, 0.25) is 10.0 Å². The first-order valence-electron chi connectivity index (χ1n) is 4.64. The lowest BCUT2D eigenvalue weighted by Gasteiger charge is -2.08. The summed E-state index contributed by atoms with van der Waals surface area (Å²) in [6.45, 7) is 2.29. The SMILES string of the molecule is Cc1nonc1CNc1c(Cl)cccc1Cl. The van der Waals surface area contributed by atoms with Crippen LogP contribution in [0.4, 0.5) is 5.69 Å². The summed E-state index contributed by atoms with van der Waals surface area (Å²) in [7, 11) is 0. The normalized spacial score (nSPS) is 10.4. The lowest BCUT2D eigenvalue weighted by Crippen LogP contribution is -2.02. The predicted molar refractivity (Wildman–Crippen MR) is 62.8 cm³/mol. The third-order valence-electron chi connectivity index (χ3n) is 2.14. The van der Waals surface area contributed by atoms with E-state index in [2.05, 4.69) is 20.3 Å². The standard InChI is InChI=1S/C10H9Cl2N3O/c1-6-9(15-16-14-6)5-13-10-7(11)3-2-4-8(10)12/h2-4,13H,5H2,1H3. The van der Waals surface area contributed by atoms with Gasteiger partial charge in [-0.15, -0.1) is 0 Å². The van der Waals surface area contributed by atoms with Crippen molar-refractivity contribution in [1.82, 2.24) is 10.3 Å². The number of nitrogens with one attached hydrogen (secondary N) is 1. The van der Waals surface area contributed by atoms with Crippen LogP contribution in [0.15, 0.2) is 22.8 Å². The first kappa shape index (κ1) is 11.2. The Bertz CT molecular complexity index is 478. The molecule has 2 aromatic rings. The van der Waals surface area contributed by atoms with Gasteiger partial charge in [0.15, 0.2) is 0 Å². The number of nitrogens with zero attached hydrogens (tertiary/aromatic N) is 2. The smallest absolute Gasteiger partial charge is 0.127 e. The molecule has 0 atom stereocenters. The first-order chi connectivity index (χ1) is 7.68. The van der Waals surface area contributed by atoms with Gasteiger partial charge in [-0.2, -0.15) is 0 Å². The van der Waals surface area contributed by atoms with Crippen LogP contribution in [0.1, 0.15) is 11.4 Å². The van der Waals surface area contributed by atoms with E-state index in [-0.39, 0.29) is 0 Å². The van der Waals surface area contributed by atoms with E-state index in [1.807, 2.05) is 6.92 Å². The number of halogens is 2. The number of hydrogen-bond acceptors (Lipinski definition) is 4. The molecule has 1 N–H and O–H groups in total. The monoisotopic (exact) mass is 257 g/mol. The highest BCUT2D eigenvalue weighted by atomic mass is 35.5. The van der Waals surface area contributed by atoms with Crippen molar-refractivity contribution in [2.24, 2.45) is 0 Å². The number of hydrogen-bond donors (Lipinski definition) is 1. The van der Waals surface area contributed by atoms with Crippen LogP contribution in [-0.2, 0) is 6.54 Å². The molecule has 0 amide bonds. The van der Waals surface area contributed by atoms with E-state index in [0.29, 0.717) is 22.3 Å². The number of benzene rings is 1. The molecule has 0 spiro atoms. The highest BCUT2D eigenvalue weighted by molar-refractivity contribution is 6.39. The number of para-hydroxylation sites is 1. The molecule has 6 heteroatoms. The minimum absolute atomic E-state index is 0.471. The second-order valence-corrected chi connectivity index (χ2v) is 4.06. The summed E-state index contributed by atoms with van der Waals surface area (Å²) < 4.78 is 4.59. The Balaban J connectivity index is 2.14. The zero-order valence-electron chi connectivity index (χ0n) is 8.50. The second kappa shape index (κ2) is 4.72. The molecule has 0 radical (unpaired) electrons. The molecule has 1 aromatic carbocycles. The van der Waals surface area contributed by atoms with Gasteiger partial charge in [0, 0.05) is 0 Å². The van der Waals surface area contributed by atoms with Crippen LogP contribution in [-0.4, -0.2) is 10.3 Å². The van der Waals surface area contributed by atoms with Crippen LogP contribution in [0.3, 0.4) is 0 Å². The predicted octanol–water partition coefficient (Wildman–Crippen LogP) is 3.30. The molecule has 0 saturated heterocycles. The van der Waals surface area contributed by atoms with Crippen molar-refractivity contribution in [3.8, 4) is 0 Å². The highest BCUT2D eigenvalue weighted by Crippen LogP contribution is 2.30. The van der Waals surface area contributed by atoms with Gasteiger partial charge in [0.25, 0.3) is 0 Å². The summed E-state index contributed by atoms with van der Waals surface area (Å²) >= 11 is 12.0. The van der Waals surface area contributed by atoms with Gasteiger partial charge < -0.3 is 5.32 Å². The van der Waals surface area contributed by atoms with Crippen molar-refractivity contribution in [3.63, 3.8) is 0 Å². The first-order valence-corrected chi connectivity index (χ1v) is 5.40. The Kier molecular flexibility index (Phi) is 3.31. The third kappa shape index (κ3) is 2.28. The number of aryl methyl sites for hydroxylation is 1. The van der Waals surface area contributed by atoms with Crippen molar-refractivity contribution < 1.29 is 4.63 Å². The summed E-state index contributed by atoms with van der Waals surface area (Å²) in [5.41, 5.74) is 2.17. The average Bonchev–Trinajstić information content (AvgIpc) is 2.64. The van der Waals surface area contributed by atoms with Gasteiger partial charge in [-0.25, -0.2) is 4.63 Å². The zero-order chi connectivity index (χ0) is 11.5. The molecular formula is C10H9Cl2N3O. The van der Waals surface area contributed by atoms with Crippen LogP contribution in [0.5, 0.6) is 0 Å². The minimum Gasteiger partial charge on any atom is -0.377 e. The molecule has 0 aliphatic rings. The van der Waals surface area contributed by atoms with Crippen molar-refractivity contribution in [2.45, 2.75) is 13.5 Å². The summed E-state index contributed by atoms with van der Waals surface area (Å²) in [6.07, 6.45) is 0. The maximum atomic E-state index is 6.00. The van der Waals surface area contributed by atoms with Gasteiger partial charge in [0.2, 0.25) is 0 Å². The molecule has 16 heavy (non-hydrogen) atoms. The third-order valence-corrected chi connectivity index (χ3v) is 2.77. The summed E-state index contributed by atoms with van der Waals surface area (Å²) in [5.74, 6) is 0. The van der Waals surface area contributed by atoms with E-state index in [0.717, 1.165) is 11.4 Å². The van der Waals surface area contributed by atoms with E-state index in [9.17, 15) is 0 Å². The second-order valence-electron chi connectivity index (χ2n) is 3.25. The van der Waals surface area contributed by atoms with E-state index in [1.54, 1.807) is 18.2 Å². The number of rotatable bonds is 3. The van der Waals surface area contributed by atoms with Crippen molar-refractivity contribution >= 4 is 28.9 Å². The lowest BCUT2D eigenvalue weighted by atomic mass is 10.3.